The van der Waals surface area contributed by atoms with E-state index < -0.39 is 17.0 Å². The van der Waals surface area contributed by atoms with E-state index in [0.717, 1.165) is 4.90 Å². The molecule has 0 aliphatic rings. The molecular formula is C19H18N4O4S. The average Bonchev–Trinajstić information content (AvgIpc) is 2.69. The third kappa shape index (κ3) is 4.49. The molecule has 0 saturated carbocycles. The van der Waals surface area contributed by atoms with E-state index in [-0.39, 0.29) is 34.2 Å². The molecule has 0 saturated heterocycles. The van der Waals surface area contributed by atoms with Crippen molar-refractivity contribution in [2.24, 2.45) is 0 Å². The van der Waals surface area contributed by atoms with E-state index in [9.17, 15) is 19.2 Å². The molecule has 28 heavy (non-hydrogen) atoms. The van der Waals surface area contributed by atoms with Crippen LogP contribution in [0, 0.1) is 0 Å². The Morgan fingerprint density at radius 3 is 2.46 bits per heavy atom. The summed E-state index contributed by atoms with van der Waals surface area (Å²) in [5, 5.41) is 9.46. The zero-order valence-electron chi connectivity index (χ0n) is 14.9. The van der Waals surface area contributed by atoms with Gasteiger partial charge in [0.25, 0.3) is 11.1 Å². The lowest BCUT2D eigenvalue weighted by Crippen LogP contribution is -2.37. The van der Waals surface area contributed by atoms with Crippen molar-refractivity contribution in [3.63, 3.8) is 0 Å². The first kappa shape index (κ1) is 19.4. The Morgan fingerprint density at radius 1 is 1.00 bits per heavy atom. The van der Waals surface area contributed by atoms with Crippen molar-refractivity contribution in [1.82, 2.24) is 15.5 Å². The van der Waals surface area contributed by atoms with Crippen LogP contribution < -0.4 is 21.8 Å². The summed E-state index contributed by atoms with van der Waals surface area (Å²) >= 11 is 1.39. The number of fused-ring (bicyclic) bond motifs is 1. The summed E-state index contributed by atoms with van der Waals surface area (Å²) in [5.41, 5.74) is -0.788. The van der Waals surface area contributed by atoms with Gasteiger partial charge in [-0.15, -0.1) is 11.8 Å². The van der Waals surface area contributed by atoms with E-state index in [1.165, 1.54) is 23.9 Å². The highest BCUT2D eigenvalue weighted by atomic mass is 32.2. The predicted molar refractivity (Wildman–Crippen MR) is 109 cm³/mol. The molecule has 2 amide bonds. The van der Waals surface area contributed by atoms with E-state index in [0.29, 0.717) is 0 Å². The summed E-state index contributed by atoms with van der Waals surface area (Å²) in [4.78, 5) is 49.2. The second-order valence-electron chi connectivity index (χ2n) is 5.98. The summed E-state index contributed by atoms with van der Waals surface area (Å²) in [6.45, 7) is 1.50. The van der Waals surface area contributed by atoms with Gasteiger partial charge in [0.15, 0.2) is 0 Å². The summed E-state index contributed by atoms with van der Waals surface area (Å²) in [5.74, 6) is -0.784. The lowest BCUT2D eigenvalue weighted by atomic mass is 10.1. The van der Waals surface area contributed by atoms with Crippen molar-refractivity contribution >= 4 is 40.0 Å². The van der Waals surface area contributed by atoms with Crippen molar-refractivity contribution in [1.29, 1.82) is 0 Å². The summed E-state index contributed by atoms with van der Waals surface area (Å²) in [6, 6.07) is 14.0. The Balaban J connectivity index is 1.63. The van der Waals surface area contributed by atoms with Crippen LogP contribution in [0.2, 0.25) is 0 Å². The van der Waals surface area contributed by atoms with E-state index in [1.54, 1.807) is 13.0 Å². The summed E-state index contributed by atoms with van der Waals surface area (Å²) in [7, 11) is 0. The number of nitrogens with one attached hydrogen (secondary N) is 4. The molecule has 8 nitrogen and oxygen atoms in total. The molecule has 3 aromatic rings. The van der Waals surface area contributed by atoms with Gasteiger partial charge in [-0.1, -0.05) is 24.3 Å². The maximum atomic E-state index is 12.2. The summed E-state index contributed by atoms with van der Waals surface area (Å²) in [6.07, 6.45) is 0. The molecule has 1 unspecified atom stereocenters. The van der Waals surface area contributed by atoms with Gasteiger partial charge in [-0.3, -0.25) is 29.4 Å². The molecule has 4 N–H and O–H groups in total. The SMILES string of the molecule is CC(Sc1ccccc1)C(=O)NCC(=O)Nc1cccc2c(=O)[nH][nH]c(=O)c12. The number of hydrogen-bond acceptors (Lipinski definition) is 5. The molecule has 1 heterocycles. The first-order chi connectivity index (χ1) is 13.5. The Hall–Kier alpha value is -3.33. The number of H-pyrrole nitrogens is 2. The van der Waals surface area contributed by atoms with Crippen LogP contribution in [0.15, 0.2) is 63.0 Å². The van der Waals surface area contributed by atoms with Crippen molar-refractivity contribution in [3.8, 4) is 0 Å². The molecule has 3 rings (SSSR count). The van der Waals surface area contributed by atoms with Gasteiger partial charge in [0.1, 0.15) is 0 Å². The minimum atomic E-state index is -0.526. The van der Waals surface area contributed by atoms with Crippen molar-refractivity contribution in [2.45, 2.75) is 17.1 Å². The number of aromatic nitrogens is 2. The molecule has 1 aromatic heterocycles. The average molecular weight is 398 g/mol. The van der Waals surface area contributed by atoms with E-state index in [1.807, 2.05) is 30.3 Å². The molecule has 0 radical (unpaired) electrons. The number of thioether (sulfide) groups is 1. The van der Waals surface area contributed by atoms with Crippen LogP contribution in [-0.2, 0) is 9.59 Å². The fourth-order valence-electron chi connectivity index (χ4n) is 2.60. The standard InChI is InChI=1S/C19H18N4O4S/c1-11(28-12-6-3-2-4-7-12)17(25)20-10-15(24)21-14-9-5-8-13-16(14)19(27)23-22-18(13)26/h2-9,11H,10H2,1H3,(H,20,25)(H,21,24)(H,22,26)(H,23,27). The van der Waals surface area contributed by atoms with E-state index in [4.69, 9.17) is 0 Å². The minimum absolute atomic E-state index is 0.0823. The smallest absolute Gasteiger partial charge is 0.272 e. The van der Waals surface area contributed by atoms with Gasteiger partial charge >= 0.3 is 0 Å². The second kappa shape index (κ2) is 8.57. The zero-order chi connectivity index (χ0) is 20.1. The van der Waals surface area contributed by atoms with E-state index >= 15 is 0 Å². The topological polar surface area (TPSA) is 124 Å². The maximum Gasteiger partial charge on any atom is 0.272 e. The number of benzene rings is 2. The number of aromatic amines is 2. The number of amides is 2. The molecule has 9 heteroatoms. The first-order valence-corrected chi connectivity index (χ1v) is 9.36. The van der Waals surface area contributed by atoms with Crippen LogP contribution in [0.5, 0.6) is 0 Å². The Bertz CT molecular complexity index is 1120. The fourth-order valence-corrected chi connectivity index (χ4v) is 3.51. The largest absolute Gasteiger partial charge is 0.346 e. The van der Waals surface area contributed by atoms with Crippen LogP contribution in [0.1, 0.15) is 6.92 Å². The number of carbonyl (C=O) groups is 2. The third-order valence-corrected chi connectivity index (χ3v) is 5.06. The highest BCUT2D eigenvalue weighted by molar-refractivity contribution is 8.00. The molecular weight excluding hydrogens is 380 g/mol. The third-order valence-electron chi connectivity index (χ3n) is 3.95. The molecule has 144 valence electrons. The van der Waals surface area contributed by atoms with Crippen LogP contribution in [-0.4, -0.2) is 33.8 Å². The van der Waals surface area contributed by atoms with Crippen LogP contribution >= 0.6 is 11.8 Å². The maximum absolute atomic E-state index is 12.2. The number of anilines is 1. The lowest BCUT2D eigenvalue weighted by molar-refractivity contribution is -0.123. The Labute approximate surface area is 163 Å². The molecule has 2 aromatic carbocycles. The van der Waals surface area contributed by atoms with Crippen LogP contribution in [0.4, 0.5) is 5.69 Å². The lowest BCUT2D eigenvalue weighted by Gasteiger charge is -2.12. The van der Waals surface area contributed by atoms with Gasteiger partial charge < -0.3 is 10.6 Å². The van der Waals surface area contributed by atoms with Crippen LogP contribution in [0.3, 0.4) is 0 Å². The van der Waals surface area contributed by atoms with Gasteiger partial charge in [-0.05, 0) is 31.2 Å². The van der Waals surface area contributed by atoms with Gasteiger partial charge in [-0.25, -0.2) is 0 Å². The van der Waals surface area contributed by atoms with Crippen molar-refractivity contribution in [2.75, 3.05) is 11.9 Å². The molecule has 0 spiro atoms. The Kier molecular flexibility index (Phi) is 5.95. The molecule has 0 fully saturated rings. The fraction of sp³-hybridized carbons (Fsp3) is 0.158. The number of rotatable bonds is 6. The first-order valence-electron chi connectivity index (χ1n) is 8.48. The second-order valence-corrected chi connectivity index (χ2v) is 7.39. The normalized spacial score (nSPS) is 11.8. The summed E-state index contributed by atoms with van der Waals surface area (Å²) < 4.78 is 0. The molecule has 0 aliphatic heterocycles. The van der Waals surface area contributed by atoms with Crippen LogP contribution in [0.25, 0.3) is 10.8 Å². The molecule has 1 atom stereocenters. The van der Waals surface area contributed by atoms with Gasteiger partial charge in [-0.2, -0.15) is 0 Å². The predicted octanol–water partition coefficient (Wildman–Crippen LogP) is 1.45. The van der Waals surface area contributed by atoms with Gasteiger partial charge in [0, 0.05) is 4.90 Å². The minimum Gasteiger partial charge on any atom is -0.346 e. The monoisotopic (exact) mass is 398 g/mol. The zero-order valence-corrected chi connectivity index (χ0v) is 15.8. The van der Waals surface area contributed by atoms with Gasteiger partial charge in [0.2, 0.25) is 11.8 Å². The highest BCUT2D eigenvalue weighted by Crippen LogP contribution is 2.22. The number of carbonyl (C=O) groups excluding carboxylic acids is 2. The Morgan fingerprint density at radius 2 is 1.71 bits per heavy atom. The molecule has 0 aliphatic carbocycles. The van der Waals surface area contributed by atoms with E-state index in [2.05, 4.69) is 20.8 Å². The highest BCUT2D eigenvalue weighted by Gasteiger charge is 2.16. The quantitative estimate of drug-likeness (QED) is 0.468. The van der Waals surface area contributed by atoms with Gasteiger partial charge in [0.05, 0.1) is 28.3 Å². The molecule has 0 bridgehead atoms. The van der Waals surface area contributed by atoms with Crippen molar-refractivity contribution in [3.05, 3.63) is 69.2 Å². The number of hydrogen-bond donors (Lipinski definition) is 4. The van der Waals surface area contributed by atoms with Crippen molar-refractivity contribution < 1.29 is 9.59 Å².